The number of anilines is 1. The molecule has 5 heteroatoms. The van der Waals surface area contributed by atoms with Crippen LogP contribution >= 0.6 is 11.3 Å². The standard InChI is InChI=1S/C22H20FNO2S/c1-13(2)26-19-10-6-4-8-15(19)16-11-20(25)24-21-17(12-27-22(16)21)14-7-3-5-9-18(14)23/h3-10,12-13,16H,11H2,1-2H3,(H,24,25). The SMILES string of the molecule is CC(C)Oc1ccccc1C1CC(=O)Nc2c(-c3ccccc3F)csc21. The molecular formula is C22H20FNO2S. The van der Waals surface area contributed by atoms with Crippen molar-refractivity contribution in [3.8, 4) is 16.9 Å². The molecule has 1 aromatic heterocycles. The number of fused-ring (bicyclic) bond motifs is 1. The average molecular weight is 381 g/mol. The van der Waals surface area contributed by atoms with Crippen LogP contribution in [0.4, 0.5) is 10.1 Å². The quantitative estimate of drug-likeness (QED) is 0.619. The molecule has 3 aromatic rings. The van der Waals surface area contributed by atoms with Crippen LogP contribution in [0.5, 0.6) is 5.75 Å². The van der Waals surface area contributed by atoms with E-state index in [1.165, 1.54) is 6.07 Å². The number of rotatable bonds is 4. The molecule has 0 saturated heterocycles. The number of nitrogens with one attached hydrogen (secondary N) is 1. The number of amides is 1. The third-order valence-electron chi connectivity index (χ3n) is 4.61. The molecule has 4 rings (SSSR count). The number of halogens is 1. The molecule has 27 heavy (non-hydrogen) atoms. The minimum absolute atomic E-state index is 0.0420. The molecular weight excluding hydrogens is 361 g/mol. The van der Waals surface area contributed by atoms with Crippen LogP contribution in [0, 0.1) is 5.82 Å². The van der Waals surface area contributed by atoms with Crippen LogP contribution in [0.2, 0.25) is 0 Å². The van der Waals surface area contributed by atoms with E-state index in [0.29, 0.717) is 17.7 Å². The molecule has 0 aliphatic carbocycles. The summed E-state index contributed by atoms with van der Waals surface area (Å²) in [6.07, 6.45) is 0.392. The van der Waals surface area contributed by atoms with E-state index in [0.717, 1.165) is 21.8 Å². The first kappa shape index (κ1) is 17.7. The minimum atomic E-state index is -0.294. The fraction of sp³-hybridized carbons (Fsp3) is 0.227. The van der Waals surface area contributed by atoms with Crippen LogP contribution in [0.15, 0.2) is 53.9 Å². The number of carbonyl (C=O) groups is 1. The third-order valence-corrected chi connectivity index (χ3v) is 5.71. The number of thiophene rings is 1. The van der Waals surface area contributed by atoms with Gasteiger partial charge in [-0.3, -0.25) is 4.79 Å². The second-order valence-electron chi connectivity index (χ2n) is 6.88. The summed E-state index contributed by atoms with van der Waals surface area (Å²) in [7, 11) is 0. The van der Waals surface area contributed by atoms with Crippen molar-refractivity contribution in [2.24, 2.45) is 0 Å². The Hall–Kier alpha value is -2.66. The Labute approximate surface area is 161 Å². The molecule has 0 spiro atoms. The summed E-state index contributed by atoms with van der Waals surface area (Å²) in [4.78, 5) is 13.5. The van der Waals surface area contributed by atoms with Gasteiger partial charge in [-0.1, -0.05) is 36.4 Å². The highest BCUT2D eigenvalue weighted by molar-refractivity contribution is 7.11. The van der Waals surface area contributed by atoms with Crippen molar-refractivity contribution < 1.29 is 13.9 Å². The number of ether oxygens (including phenoxy) is 1. The second-order valence-corrected chi connectivity index (χ2v) is 7.79. The maximum absolute atomic E-state index is 14.3. The van der Waals surface area contributed by atoms with Gasteiger partial charge in [0.15, 0.2) is 0 Å². The molecule has 0 radical (unpaired) electrons. The molecule has 0 fully saturated rings. The van der Waals surface area contributed by atoms with E-state index in [9.17, 15) is 9.18 Å². The van der Waals surface area contributed by atoms with Crippen molar-refractivity contribution in [1.82, 2.24) is 0 Å². The van der Waals surface area contributed by atoms with E-state index in [4.69, 9.17) is 4.74 Å². The average Bonchev–Trinajstić information content (AvgIpc) is 3.05. The Morgan fingerprint density at radius 3 is 2.63 bits per heavy atom. The molecule has 2 aromatic carbocycles. The highest BCUT2D eigenvalue weighted by Gasteiger charge is 2.32. The van der Waals surface area contributed by atoms with E-state index >= 15 is 0 Å². The molecule has 138 valence electrons. The third kappa shape index (κ3) is 3.35. The van der Waals surface area contributed by atoms with Gasteiger partial charge in [0.05, 0.1) is 11.8 Å². The molecule has 1 aliphatic heterocycles. The molecule has 1 N–H and O–H groups in total. The summed E-state index contributed by atoms with van der Waals surface area (Å²) in [6.45, 7) is 3.97. The predicted molar refractivity (Wildman–Crippen MR) is 107 cm³/mol. The van der Waals surface area contributed by atoms with Gasteiger partial charge in [0.1, 0.15) is 11.6 Å². The molecule has 1 aliphatic rings. The van der Waals surface area contributed by atoms with Crippen LogP contribution in [-0.2, 0) is 4.79 Å². The molecule has 1 unspecified atom stereocenters. The van der Waals surface area contributed by atoms with Gasteiger partial charge >= 0.3 is 0 Å². The molecule has 1 amide bonds. The van der Waals surface area contributed by atoms with Crippen molar-refractivity contribution >= 4 is 22.9 Å². The number of para-hydroxylation sites is 1. The number of carbonyl (C=O) groups excluding carboxylic acids is 1. The van der Waals surface area contributed by atoms with Gasteiger partial charge in [0, 0.05) is 39.3 Å². The van der Waals surface area contributed by atoms with Crippen molar-refractivity contribution in [2.75, 3.05) is 5.32 Å². The maximum atomic E-state index is 14.3. The lowest BCUT2D eigenvalue weighted by Crippen LogP contribution is -2.23. The van der Waals surface area contributed by atoms with Crippen LogP contribution in [-0.4, -0.2) is 12.0 Å². The fourth-order valence-electron chi connectivity index (χ4n) is 3.49. The Kier molecular flexibility index (Phi) is 4.70. The normalized spacial score (nSPS) is 16.1. The summed E-state index contributed by atoms with van der Waals surface area (Å²) in [6, 6.07) is 14.5. The molecule has 3 nitrogen and oxygen atoms in total. The first-order valence-electron chi connectivity index (χ1n) is 8.96. The van der Waals surface area contributed by atoms with E-state index in [1.54, 1.807) is 29.5 Å². The summed E-state index contributed by atoms with van der Waals surface area (Å²) in [5, 5.41) is 4.88. The minimum Gasteiger partial charge on any atom is -0.491 e. The van der Waals surface area contributed by atoms with E-state index in [-0.39, 0.29) is 23.7 Å². The van der Waals surface area contributed by atoms with Crippen molar-refractivity contribution in [3.05, 3.63) is 70.2 Å². The lowest BCUT2D eigenvalue weighted by Gasteiger charge is -2.26. The van der Waals surface area contributed by atoms with E-state index in [1.807, 2.05) is 43.5 Å². The zero-order chi connectivity index (χ0) is 19.0. The number of hydrogen-bond acceptors (Lipinski definition) is 3. The summed E-state index contributed by atoms with van der Waals surface area (Å²) >= 11 is 1.55. The Morgan fingerprint density at radius 1 is 1.11 bits per heavy atom. The first-order chi connectivity index (χ1) is 13.0. The fourth-order valence-corrected chi connectivity index (χ4v) is 4.63. The highest BCUT2D eigenvalue weighted by atomic mass is 32.1. The van der Waals surface area contributed by atoms with Gasteiger partial charge in [-0.05, 0) is 26.0 Å². The van der Waals surface area contributed by atoms with Crippen LogP contribution in [0.3, 0.4) is 0 Å². The molecule has 1 atom stereocenters. The molecule has 0 bridgehead atoms. The van der Waals surface area contributed by atoms with Gasteiger partial charge in [-0.15, -0.1) is 11.3 Å². The van der Waals surface area contributed by atoms with Crippen molar-refractivity contribution in [1.29, 1.82) is 0 Å². The zero-order valence-electron chi connectivity index (χ0n) is 15.2. The molecule has 0 saturated carbocycles. The second kappa shape index (κ2) is 7.16. The van der Waals surface area contributed by atoms with Crippen LogP contribution in [0.1, 0.15) is 36.6 Å². The molecule has 2 heterocycles. The monoisotopic (exact) mass is 381 g/mol. The van der Waals surface area contributed by atoms with E-state index < -0.39 is 0 Å². The summed E-state index contributed by atoms with van der Waals surface area (Å²) in [5.74, 6) is 0.328. The number of benzene rings is 2. The highest BCUT2D eigenvalue weighted by Crippen LogP contribution is 2.48. The van der Waals surface area contributed by atoms with Gasteiger partial charge in [-0.25, -0.2) is 4.39 Å². The predicted octanol–water partition coefficient (Wildman–Crippen LogP) is 5.82. The Morgan fingerprint density at radius 2 is 1.85 bits per heavy atom. The lowest BCUT2D eigenvalue weighted by molar-refractivity contribution is -0.116. The topological polar surface area (TPSA) is 38.3 Å². The Bertz CT molecular complexity index is 995. The lowest BCUT2D eigenvalue weighted by atomic mass is 9.88. The number of hydrogen-bond donors (Lipinski definition) is 1. The van der Waals surface area contributed by atoms with Gasteiger partial charge < -0.3 is 10.1 Å². The van der Waals surface area contributed by atoms with Gasteiger partial charge in [-0.2, -0.15) is 0 Å². The maximum Gasteiger partial charge on any atom is 0.225 e. The largest absolute Gasteiger partial charge is 0.491 e. The first-order valence-corrected chi connectivity index (χ1v) is 9.84. The Balaban J connectivity index is 1.82. The van der Waals surface area contributed by atoms with Crippen LogP contribution in [0.25, 0.3) is 11.1 Å². The van der Waals surface area contributed by atoms with E-state index in [2.05, 4.69) is 5.32 Å². The summed E-state index contributed by atoms with van der Waals surface area (Å²) < 4.78 is 20.3. The van der Waals surface area contributed by atoms with Crippen molar-refractivity contribution in [3.63, 3.8) is 0 Å². The van der Waals surface area contributed by atoms with Crippen LogP contribution < -0.4 is 10.1 Å². The smallest absolute Gasteiger partial charge is 0.225 e. The zero-order valence-corrected chi connectivity index (χ0v) is 16.0. The van der Waals surface area contributed by atoms with Crippen molar-refractivity contribution in [2.45, 2.75) is 32.3 Å². The van der Waals surface area contributed by atoms with Gasteiger partial charge in [0.25, 0.3) is 0 Å². The van der Waals surface area contributed by atoms with Gasteiger partial charge in [0.2, 0.25) is 5.91 Å². The summed E-state index contributed by atoms with van der Waals surface area (Å²) in [5.41, 5.74) is 2.94.